The SMILES string of the molecule is O=C(c1cn(C2CCNCC2)nn1)N1CCc2cc(Cl)cc(Cl)c2C1. The molecule has 1 amide bonds. The van der Waals surface area contributed by atoms with Crippen LogP contribution in [0.1, 0.15) is 40.5 Å². The largest absolute Gasteiger partial charge is 0.332 e. The maximum Gasteiger partial charge on any atom is 0.276 e. The monoisotopic (exact) mass is 379 g/mol. The number of carbonyl (C=O) groups excluding carboxylic acids is 1. The molecule has 1 saturated heterocycles. The molecule has 0 saturated carbocycles. The minimum Gasteiger partial charge on any atom is -0.332 e. The van der Waals surface area contributed by atoms with E-state index < -0.39 is 0 Å². The summed E-state index contributed by atoms with van der Waals surface area (Å²) in [5.74, 6) is -0.100. The number of hydrogen-bond acceptors (Lipinski definition) is 4. The maximum absolute atomic E-state index is 12.8. The Morgan fingerprint density at radius 3 is 2.84 bits per heavy atom. The van der Waals surface area contributed by atoms with Crippen LogP contribution in [0.25, 0.3) is 0 Å². The van der Waals surface area contributed by atoms with E-state index in [0.717, 1.165) is 43.5 Å². The molecule has 6 nitrogen and oxygen atoms in total. The standard InChI is InChI=1S/C17H19Cl2N5O/c18-12-7-11-3-6-23(9-14(11)15(19)8-12)17(25)16-10-24(22-21-16)13-1-4-20-5-2-13/h7-8,10,13,20H,1-6,9H2. The van der Waals surface area contributed by atoms with Gasteiger partial charge in [0.15, 0.2) is 5.69 Å². The van der Waals surface area contributed by atoms with Gasteiger partial charge in [-0.05, 0) is 55.6 Å². The third-order valence-electron chi connectivity index (χ3n) is 4.95. The number of nitrogens with zero attached hydrogens (tertiary/aromatic N) is 4. The van der Waals surface area contributed by atoms with Gasteiger partial charge in [0.25, 0.3) is 5.91 Å². The average molecular weight is 380 g/mol. The Balaban J connectivity index is 1.51. The van der Waals surface area contributed by atoms with Gasteiger partial charge < -0.3 is 10.2 Å². The Morgan fingerprint density at radius 2 is 2.04 bits per heavy atom. The summed E-state index contributed by atoms with van der Waals surface area (Å²) >= 11 is 12.4. The van der Waals surface area contributed by atoms with E-state index in [1.54, 1.807) is 17.2 Å². The second-order valence-corrected chi connectivity index (χ2v) is 7.41. The van der Waals surface area contributed by atoms with Gasteiger partial charge in [-0.15, -0.1) is 5.10 Å². The lowest BCUT2D eigenvalue weighted by molar-refractivity contribution is 0.0728. The van der Waals surface area contributed by atoms with E-state index in [2.05, 4.69) is 15.6 Å². The minimum absolute atomic E-state index is 0.100. The molecule has 2 aromatic rings. The fourth-order valence-corrected chi connectivity index (χ4v) is 4.14. The van der Waals surface area contributed by atoms with E-state index in [-0.39, 0.29) is 5.91 Å². The van der Waals surface area contributed by atoms with Gasteiger partial charge in [-0.25, -0.2) is 4.68 Å². The van der Waals surface area contributed by atoms with Crippen LogP contribution < -0.4 is 5.32 Å². The lowest BCUT2D eigenvalue weighted by Crippen LogP contribution is -2.36. The smallest absolute Gasteiger partial charge is 0.276 e. The van der Waals surface area contributed by atoms with E-state index in [9.17, 15) is 4.79 Å². The fraction of sp³-hybridized carbons (Fsp3) is 0.471. The van der Waals surface area contributed by atoms with Crippen molar-refractivity contribution in [2.24, 2.45) is 0 Å². The molecule has 25 heavy (non-hydrogen) atoms. The van der Waals surface area contributed by atoms with Crippen molar-refractivity contribution in [1.29, 1.82) is 0 Å². The lowest BCUT2D eigenvalue weighted by atomic mass is 9.99. The van der Waals surface area contributed by atoms with Gasteiger partial charge in [0, 0.05) is 23.1 Å². The zero-order chi connectivity index (χ0) is 17.4. The third-order valence-corrected chi connectivity index (χ3v) is 5.51. The predicted octanol–water partition coefficient (Wildman–Crippen LogP) is 2.71. The van der Waals surface area contributed by atoms with Crippen molar-refractivity contribution in [3.05, 3.63) is 45.2 Å². The molecule has 1 fully saturated rings. The van der Waals surface area contributed by atoms with Crippen molar-refractivity contribution < 1.29 is 4.79 Å². The van der Waals surface area contributed by atoms with E-state index in [1.807, 2.05) is 10.7 Å². The number of amides is 1. The number of fused-ring (bicyclic) bond motifs is 1. The van der Waals surface area contributed by atoms with E-state index in [4.69, 9.17) is 23.2 Å². The molecule has 0 spiro atoms. The van der Waals surface area contributed by atoms with Gasteiger partial charge in [0.05, 0.1) is 12.2 Å². The third kappa shape index (κ3) is 3.38. The summed E-state index contributed by atoms with van der Waals surface area (Å²) in [5, 5.41) is 12.9. The number of rotatable bonds is 2. The molecule has 0 atom stereocenters. The van der Waals surface area contributed by atoms with E-state index >= 15 is 0 Å². The molecule has 0 radical (unpaired) electrons. The molecule has 132 valence electrons. The topological polar surface area (TPSA) is 63.1 Å². The van der Waals surface area contributed by atoms with Gasteiger partial charge in [0.1, 0.15) is 0 Å². The molecule has 8 heteroatoms. The van der Waals surface area contributed by atoms with Gasteiger partial charge in [-0.2, -0.15) is 0 Å². The quantitative estimate of drug-likeness (QED) is 0.870. The number of aromatic nitrogens is 3. The first-order chi connectivity index (χ1) is 12.1. The number of halogens is 2. The Hall–Kier alpha value is -1.63. The first-order valence-corrected chi connectivity index (χ1v) is 9.26. The van der Waals surface area contributed by atoms with Crippen molar-refractivity contribution in [2.45, 2.75) is 31.8 Å². The summed E-state index contributed by atoms with van der Waals surface area (Å²) in [7, 11) is 0. The fourth-order valence-electron chi connectivity index (χ4n) is 3.54. The normalized spacial score (nSPS) is 18.2. The summed E-state index contributed by atoms with van der Waals surface area (Å²) in [4.78, 5) is 14.6. The summed E-state index contributed by atoms with van der Waals surface area (Å²) < 4.78 is 1.83. The maximum atomic E-state index is 12.8. The molecule has 1 aromatic heterocycles. The van der Waals surface area contributed by atoms with Gasteiger partial charge in [-0.3, -0.25) is 4.79 Å². The summed E-state index contributed by atoms with van der Waals surface area (Å²) in [6.45, 7) is 3.04. The number of carbonyl (C=O) groups is 1. The van der Waals surface area contributed by atoms with E-state index in [0.29, 0.717) is 34.9 Å². The molecule has 1 N–H and O–H groups in total. The molecule has 0 aliphatic carbocycles. The highest BCUT2D eigenvalue weighted by atomic mass is 35.5. The predicted molar refractivity (Wildman–Crippen MR) is 96.1 cm³/mol. The van der Waals surface area contributed by atoms with Crippen LogP contribution in [0.4, 0.5) is 0 Å². The van der Waals surface area contributed by atoms with Crippen molar-refractivity contribution in [3.63, 3.8) is 0 Å². The Morgan fingerprint density at radius 1 is 1.24 bits per heavy atom. The van der Waals surface area contributed by atoms with Crippen LogP contribution >= 0.6 is 23.2 Å². The summed E-state index contributed by atoms with van der Waals surface area (Å²) in [5.41, 5.74) is 2.48. The molecule has 3 heterocycles. The summed E-state index contributed by atoms with van der Waals surface area (Å²) in [6, 6.07) is 3.97. The molecule has 2 aliphatic heterocycles. The van der Waals surface area contributed by atoms with Gasteiger partial charge in [-0.1, -0.05) is 28.4 Å². The molecule has 4 rings (SSSR count). The highest BCUT2D eigenvalue weighted by Gasteiger charge is 2.26. The van der Waals surface area contributed by atoms with Crippen LogP contribution in [-0.4, -0.2) is 45.4 Å². The Bertz CT molecular complexity index is 800. The Labute approximate surface area is 156 Å². The molecule has 0 unspecified atom stereocenters. The van der Waals surface area contributed by atoms with Crippen LogP contribution in [0.3, 0.4) is 0 Å². The van der Waals surface area contributed by atoms with Crippen LogP contribution in [0.15, 0.2) is 18.3 Å². The van der Waals surface area contributed by atoms with Crippen molar-refractivity contribution in [2.75, 3.05) is 19.6 Å². The minimum atomic E-state index is -0.100. The summed E-state index contributed by atoms with van der Waals surface area (Å²) in [6.07, 6.45) is 4.52. The second-order valence-electron chi connectivity index (χ2n) is 6.57. The highest BCUT2D eigenvalue weighted by molar-refractivity contribution is 6.35. The van der Waals surface area contributed by atoms with E-state index in [1.165, 1.54) is 0 Å². The first-order valence-electron chi connectivity index (χ1n) is 8.50. The Kier molecular flexibility index (Phi) is 4.67. The van der Waals surface area contributed by atoms with Gasteiger partial charge in [0.2, 0.25) is 0 Å². The number of hydrogen-bond donors (Lipinski definition) is 1. The van der Waals surface area contributed by atoms with Gasteiger partial charge >= 0.3 is 0 Å². The molecule has 0 bridgehead atoms. The first kappa shape index (κ1) is 16.8. The van der Waals surface area contributed by atoms with Crippen LogP contribution in [0.5, 0.6) is 0 Å². The highest BCUT2D eigenvalue weighted by Crippen LogP contribution is 2.30. The molecular weight excluding hydrogens is 361 g/mol. The van der Waals surface area contributed by atoms with Crippen LogP contribution in [-0.2, 0) is 13.0 Å². The van der Waals surface area contributed by atoms with Crippen LogP contribution in [0.2, 0.25) is 10.0 Å². The van der Waals surface area contributed by atoms with Crippen molar-refractivity contribution >= 4 is 29.1 Å². The van der Waals surface area contributed by atoms with Crippen LogP contribution in [0, 0.1) is 0 Å². The zero-order valence-electron chi connectivity index (χ0n) is 13.7. The average Bonchev–Trinajstić information content (AvgIpc) is 3.11. The van der Waals surface area contributed by atoms with Crippen molar-refractivity contribution in [1.82, 2.24) is 25.2 Å². The second kappa shape index (κ2) is 6.94. The molecular formula is C17H19Cl2N5O. The number of nitrogens with one attached hydrogen (secondary N) is 1. The lowest BCUT2D eigenvalue weighted by Gasteiger charge is -2.29. The number of benzene rings is 1. The number of piperidine rings is 1. The van der Waals surface area contributed by atoms with Crippen molar-refractivity contribution in [3.8, 4) is 0 Å². The molecule has 1 aromatic carbocycles. The zero-order valence-corrected chi connectivity index (χ0v) is 15.2. The molecule has 2 aliphatic rings.